The van der Waals surface area contributed by atoms with Gasteiger partial charge in [0.15, 0.2) is 5.75 Å². The largest absolute Gasteiger partial charge is 0.421 e. The van der Waals surface area contributed by atoms with Gasteiger partial charge in [-0.3, -0.25) is 4.79 Å². The average Bonchev–Trinajstić information content (AvgIpc) is 2.75. The van der Waals surface area contributed by atoms with Gasteiger partial charge in [0.1, 0.15) is 0 Å². The lowest BCUT2D eigenvalue weighted by atomic mass is 9.98. The molecule has 4 heteroatoms. The van der Waals surface area contributed by atoms with Crippen molar-refractivity contribution in [2.75, 3.05) is 5.32 Å². The number of hydrogen-bond acceptors (Lipinski definition) is 3. The normalized spacial score (nSPS) is 11.8. The number of carbonyl (C=O) groups excluding carboxylic acids is 2. The van der Waals surface area contributed by atoms with Gasteiger partial charge in [-0.25, -0.2) is 4.79 Å². The van der Waals surface area contributed by atoms with Gasteiger partial charge in [0.25, 0.3) is 0 Å². The monoisotopic (exact) mass is 389 g/mol. The number of rotatable bonds is 8. The summed E-state index contributed by atoms with van der Waals surface area (Å²) in [5.41, 5.74) is 1.01. The van der Waals surface area contributed by atoms with Crippen molar-refractivity contribution in [3.63, 3.8) is 0 Å². The molecule has 1 atom stereocenters. The summed E-state index contributed by atoms with van der Waals surface area (Å²) in [5, 5.41) is 4.77. The van der Waals surface area contributed by atoms with Gasteiger partial charge >= 0.3 is 5.97 Å². The summed E-state index contributed by atoms with van der Waals surface area (Å²) < 4.78 is 5.68. The van der Waals surface area contributed by atoms with E-state index in [9.17, 15) is 9.59 Å². The molecule has 3 aromatic carbocycles. The summed E-state index contributed by atoms with van der Waals surface area (Å²) in [7, 11) is 0. The Hall–Kier alpha value is -3.14. The first-order valence-corrected chi connectivity index (χ1v) is 10.2. The molecule has 4 nitrogen and oxygen atoms in total. The van der Waals surface area contributed by atoms with Crippen LogP contribution in [0.4, 0.5) is 5.69 Å². The maximum absolute atomic E-state index is 12.9. The Morgan fingerprint density at radius 2 is 1.66 bits per heavy atom. The molecule has 150 valence electrons. The average molecular weight is 389 g/mol. The maximum Gasteiger partial charge on any atom is 0.344 e. The van der Waals surface area contributed by atoms with Gasteiger partial charge in [-0.15, -0.1) is 0 Å². The van der Waals surface area contributed by atoms with Gasteiger partial charge < -0.3 is 10.1 Å². The number of nitrogens with one attached hydrogen (secondary N) is 1. The standard InChI is InChI=1S/C25H27NO3/c1-3-5-11-18(4-2)24(27)26-22-16-8-9-17-23(22)29-25(28)21-15-10-13-19-12-6-7-14-20(19)21/h6-10,12-18H,3-5,11H2,1-2H3,(H,26,27)/t18-/m1/s1. The molecule has 0 unspecified atom stereocenters. The highest BCUT2D eigenvalue weighted by atomic mass is 16.5. The highest BCUT2D eigenvalue weighted by molar-refractivity contribution is 6.05. The van der Waals surface area contributed by atoms with Gasteiger partial charge in [-0.2, -0.15) is 0 Å². The Labute approximate surface area is 171 Å². The van der Waals surface area contributed by atoms with Crippen LogP contribution in [-0.2, 0) is 4.79 Å². The highest BCUT2D eigenvalue weighted by Gasteiger charge is 2.19. The zero-order valence-electron chi connectivity index (χ0n) is 17.0. The topological polar surface area (TPSA) is 55.4 Å². The van der Waals surface area contributed by atoms with Crippen molar-refractivity contribution in [3.8, 4) is 5.75 Å². The van der Waals surface area contributed by atoms with Gasteiger partial charge in [0.05, 0.1) is 11.3 Å². The SMILES string of the molecule is CCCC[C@@H](CC)C(=O)Nc1ccccc1OC(=O)c1cccc2ccccc12. The summed E-state index contributed by atoms with van der Waals surface area (Å²) in [6.07, 6.45) is 3.72. The number of amides is 1. The lowest BCUT2D eigenvalue weighted by Gasteiger charge is -2.16. The van der Waals surface area contributed by atoms with E-state index in [0.717, 1.165) is 36.5 Å². The number of esters is 1. The highest BCUT2D eigenvalue weighted by Crippen LogP contribution is 2.28. The molecule has 0 aliphatic heterocycles. The number of carbonyl (C=O) groups is 2. The van der Waals surface area contributed by atoms with E-state index in [2.05, 4.69) is 12.2 Å². The van der Waals surface area contributed by atoms with Crippen molar-refractivity contribution in [2.45, 2.75) is 39.5 Å². The third-order valence-corrected chi connectivity index (χ3v) is 5.13. The molecule has 0 aliphatic carbocycles. The third kappa shape index (κ3) is 5.02. The van der Waals surface area contributed by atoms with E-state index in [4.69, 9.17) is 4.74 Å². The molecule has 0 aliphatic rings. The number of benzene rings is 3. The Kier molecular flexibility index (Phi) is 7.01. The number of hydrogen-bond donors (Lipinski definition) is 1. The molecule has 1 N–H and O–H groups in total. The van der Waals surface area contributed by atoms with Crippen LogP contribution < -0.4 is 10.1 Å². The second-order valence-electron chi connectivity index (χ2n) is 7.15. The van der Waals surface area contributed by atoms with Crippen LogP contribution in [0.3, 0.4) is 0 Å². The minimum atomic E-state index is -0.443. The van der Waals surface area contributed by atoms with Gasteiger partial charge in [-0.1, -0.05) is 75.2 Å². The predicted molar refractivity (Wildman–Crippen MR) is 117 cm³/mol. The van der Waals surface area contributed by atoms with E-state index in [1.54, 1.807) is 24.3 Å². The zero-order valence-corrected chi connectivity index (χ0v) is 17.0. The molecular formula is C25H27NO3. The molecule has 3 rings (SSSR count). The molecule has 1 amide bonds. The van der Waals surface area contributed by atoms with Crippen molar-refractivity contribution in [1.82, 2.24) is 0 Å². The molecule has 0 saturated carbocycles. The Balaban J connectivity index is 1.80. The van der Waals surface area contributed by atoms with E-state index in [1.165, 1.54) is 0 Å². The number of anilines is 1. The summed E-state index contributed by atoms with van der Waals surface area (Å²) >= 11 is 0. The lowest BCUT2D eigenvalue weighted by molar-refractivity contribution is -0.120. The molecule has 29 heavy (non-hydrogen) atoms. The Morgan fingerprint density at radius 1 is 0.931 bits per heavy atom. The van der Waals surface area contributed by atoms with Crippen LogP contribution >= 0.6 is 0 Å². The van der Waals surface area contributed by atoms with Crippen molar-refractivity contribution >= 4 is 28.3 Å². The van der Waals surface area contributed by atoms with Crippen LogP contribution in [0.25, 0.3) is 10.8 Å². The molecule has 0 fully saturated rings. The zero-order chi connectivity index (χ0) is 20.6. The minimum absolute atomic E-state index is 0.0328. The lowest BCUT2D eigenvalue weighted by Crippen LogP contribution is -2.23. The fraction of sp³-hybridized carbons (Fsp3) is 0.280. The summed E-state index contributed by atoms with van der Waals surface area (Å²) in [4.78, 5) is 25.5. The van der Waals surface area contributed by atoms with Gasteiger partial charge in [0.2, 0.25) is 5.91 Å². The molecule has 0 radical (unpaired) electrons. The van der Waals surface area contributed by atoms with Crippen LogP contribution in [0, 0.1) is 5.92 Å². The van der Waals surface area contributed by atoms with Crippen molar-refractivity contribution in [1.29, 1.82) is 0 Å². The molecule has 3 aromatic rings. The smallest absolute Gasteiger partial charge is 0.344 e. The van der Waals surface area contributed by atoms with Crippen LogP contribution in [0.2, 0.25) is 0 Å². The predicted octanol–water partition coefficient (Wildman–Crippen LogP) is 6.21. The third-order valence-electron chi connectivity index (χ3n) is 5.13. The summed E-state index contributed by atoms with van der Waals surface area (Å²) in [6.45, 7) is 4.14. The van der Waals surface area contributed by atoms with Gasteiger partial charge in [0, 0.05) is 5.92 Å². The number of unbranched alkanes of at least 4 members (excludes halogenated alkanes) is 1. The van der Waals surface area contributed by atoms with Crippen molar-refractivity contribution in [3.05, 3.63) is 72.3 Å². The number of fused-ring (bicyclic) bond motifs is 1. The number of ether oxygens (including phenoxy) is 1. The van der Waals surface area contributed by atoms with Gasteiger partial charge in [-0.05, 0) is 41.8 Å². The van der Waals surface area contributed by atoms with Crippen LogP contribution in [0.15, 0.2) is 66.7 Å². The Morgan fingerprint density at radius 3 is 2.45 bits per heavy atom. The molecule has 0 bridgehead atoms. The number of para-hydroxylation sites is 2. The minimum Gasteiger partial charge on any atom is -0.421 e. The summed E-state index contributed by atoms with van der Waals surface area (Å²) in [6, 6.07) is 20.3. The van der Waals surface area contributed by atoms with Crippen molar-refractivity contribution < 1.29 is 14.3 Å². The Bertz CT molecular complexity index is 991. The van der Waals surface area contributed by atoms with Crippen molar-refractivity contribution in [2.24, 2.45) is 5.92 Å². The van der Waals surface area contributed by atoms with Crippen LogP contribution in [0.5, 0.6) is 5.75 Å². The van der Waals surface area contributed by atoms with Crippen LogP contribution in [0.1, 0.15) is 49.9 Å². The molecule has 0 heterocycles. The first kappa shape index (κ1) is 20.6. The maximum atomic E-state index is 12.9. The first-order chi connectivity index (χ1) is 14.1. The van der Waals surface area contributed by atoms with E-state index in [-0.39, 0.29) is 11.8 Å². The molecule has 0 aromatic heterocycles. The fourth-order valence-electron chi connectivity index (χ4n) is 3.42. The first-order valence-electron chi connectivity index (χ1n) is 10.2. The van der Waals surface area contributed by atoms with Crippen LogP contribution in [-0.4, -0.2) is 11.9 Å². The van der Waals surface area contributed by atoms with E-state index < -0.39 is 5.97 Å². The van der Waals surface area contributed by atoms with E-state index in [1.807, 2.05) is 49.4 Å². The van der Waals surface area contributed by atoms with E-state index >= 15 is 0 Å². The second kappa shape index (κ2) is 9.87. The molecular weight excluding hydrogens is 362 g/mol. The van der Waals surface area contributed by atoms with E-state index in [0.29, 0.717) is 17.0 Å². The molecule has 0 spiro atoms. The molecule has 0 saturated heterocycles. The quantitative estimate of drug-likeness (QED) is 0.368. The fourth-order valence-corrected chi connectivity index (χ4v) is 3.42. The summed E-state index contributed by atoms with van der Waals surface area (Å²) in [5.74, 6) is -0.169. The second-order valence-corrected chi connectivity index (χ2v) is 7.15.